The van der Waals surface area contributed by atoms with E-state index in [2.05, 4.69) is 22.0 Å². The summed E-state index contributed by atoms with van der Waals surface area (Å²) < 4.78 is 20.4. The van der Waals surface area contributed by atoms with E-state index < -0.39 is 6.23 Å². The molecule has 1 aromatic heterocycles. The number of hydrogen-bond donors (Lipinski definition) is 1. The lowest BCUT2D eigenvalue weighted by Crippen LogP contribution is -2.33. The van der Waals surface area contributed by atoms with Crippen LogP contribution in [0.2, 0.25) is 0 Å². The highest BCUT2D eigenvalue weighted by molar-refractivity contribution is 9.10. The van der Waals surface area contributed by atoms with Crippen LogP contribution in [0.1, 0.15) is 22.4 Å². The van der Waals surface area contributed by atoms with Gasteiger partial charge in [-0.1, -0.05) is 52.3 Å². The second-order valence-corrected chi connectivity index (χ2v) is 9.15. The number of ether oxygens (including phenoxy) is 3. The van der Waals surface area contributed by atoms with Gasteiger partial charge in [-0.2, -0.15) is 10.4 Å². The lowest BCUT2D eigenvalue weighted by atomic mass is 9.91. The first-order chi connectivity index (χ1) is 17.5. The molecular formula is C28H23BrN4O3. The summed E-state index contributed by atoms with van der Waals surface area (Å²) in [5.74, 6) is 1.63. The molecule has 5 rings (SSSR count). The van der Waals surface area contributed by atoms with Crippen LogP contribution < -0.4 is 19.9 Å². The summed E-state index contributed by atoms with van der Waals surface area (Å²) in [6, 6.07) is 25.5. The minimum Gasteiger partial charge on any atom is -0.493 e. The molecule has 3 aromatic carbocycles. The van der Waals surface area contributed by atoms with Crippen LogP contribution in [0, 0.1) is 18.3 Å². The third-order valence-electron chi connectivity index (χ3n) is 5.94. The number of hydrogen-bond acceptors (Lipinski definition) is 6. The smallest absolute Gasteiger partial charge is 0.226 e. The summed E-state index contributed by atoms with van der Waals surface area (Å²) in [4.78, 5) is 0. The molecule has 4 aromatic rings. The van der Waals surface area contributed by atoms with Crippen LogP contribution in [0.4, 0.5) is 0 Å². The van der Waals surface area contributed by atoms with E-state index in [4.69, 9.17) is 25.0 Å². The summed E-state index contributed by atoms with van der Waals surface area (Å²) in [5.41, 5.74) is 11.4. The molecule has 1 atom stereocenters. The Labute approximate surface area is 217 Å². The van der Waals surface area contributed by atoms with Crippen molar-refractivity contribution < 1.29 is 14.2 Å². The van der Waals surface area contributed by atoms with Gasteiger partial charge in [-0.3, -0.25) is 5.73 Å². The quantitative estimate of drug-likeness (QED) is 0.344. The fourth-order valence-corrected chi connectivity index (χ4v) is 4.48. The van der Waals surface area contributed by atoms with E-state index >= 15 is 0 Å². The maximum Gasteiger partial charge on any atom is 0.226 e. The number of aromatic nitrogens is 2. The van der Waals surface area contributed by atoms with E-state index in [1.165, 1.54) is 0 Å². The molecule has 0 bridgehead atoms. The van der Waals surface area contributed by atoms with Gasteiger partial charge in [0.1, 0.15) is 12.7 Å². The third-order valence-corrected chi connectivity index (χ3v) is 6.47. The van der Waals surface area contributed by atoms with Crippen LogP contribution in [0.15, 0.2) is 82.8 Å². The number of fused-ring (bicyclic) bond motifs is 1. The number of nitrogens with zero attached hydrogens (tertiary/aromatic N) is 3. The van der Waals surface area contributed by atoms with Crippen LogP contribution in [-0.2, 0) is 6.61 Å². The van der Waals surface area contributed by atoms with Gasteiger partial charge in [-0.25, -0.2) is 4.68 Å². The average molecular weight is 543 g/mol. The van der Waals surface area contributed by atoms with Crippen LogP contribution in [0.3, 0.4) is 0 Å². The van der Waals surface area contributed by atoms with Crippen LogP contribution in [-0.4, -0.2) is 23.1 Å². The van der Waals surface area contributed by atoms with Gasteiger partial charge in [0.25, 0.3) is 0 Å². The van der Waals surface area contributed by atoms with E-state index in [1.807, 2.05) is 79.7 Å². The van der Waals surface area contributed by atoms with Crippen LogP contribution in [0.25, 0.3) is 11.3 Å². The molecule has 0 saturated carbocycles. The molecule has 36 heavy (non-hydrogen) atoms. The Kier molecular flexibility index (Phi) is 6.51. The van der Waals surface area contributed by atoms with Crippen molar-refractivity contribution in [3.8, 4) is 29.1 Å². The molecule has 180 valence electrons. The molecule has 8 heteroatoms. The summed E-state index contributed by atoms with van der Waals surface area (Å²) in [7, 11) is 1.59. The molecule has 2 N–H and O–H groups in total. The number of halogens is 1. The average Bonchev–Trinajstić information content (AvgIpc) is 3.23. The highest BCUT2D eigenvalue weighted by Gasteiger charge is 2.33. The second-order valence-electron chi connectivity index (χ2n) is 8.23. The highest BCUT2D eigenvalue weighted by Crippen LogP contribution is 2.43. The van der Waals surface area contributed by atoms with Gasteiger partial charge in [0.05, 0.1) is 29.6 Å². The van der Waals surface area contributed by atoms with E-state index in [0.717, 1.165) is 26.9 Å². The predicted octanol–water partition coefficient (Wildman–Crippen LogP) is 5.53. The first kappa shape index (κ1) is 23.7. The van der Waals surface area contributed by atoms with Gasteiger partial charge >= 0.3 is 0 Å². The molecule has 0 amide bonds. The summed E-state index contributed by atoms with van der Waals surface area (Å²) in [6.07, 6.45) is -0.942. The van der Waals surface area contributed by atoms with E-state index in [1.54, 1.807) is 11.8 Å². The van der Waals surface area contributed by atoms with Crippen molar-refractivity contribution in [2.45, 2.75) is 19.8 Å². The highest BCUT2D eigenvalue weighted by atomic mass is 79.9. The summed E-state index contributed by atoms with van der Waals surface area (Å²) in [5, 5.41) is 14.7. The van der Waals surface area contributed by atoms with Crippen LogP contribution in [0.5, 0.6) is 17.4 Å². The first-order valence-electron chi connectivity index (χ1n) is 11.3. The predicted molar refractivity (Wildman–Crippen MR) is 140 cm³/mol. The Morgan fingerprint density at radius 3 is 2.53 bits per heavy atom. The molecule has 0 aliphatic carbocycles. The van der Waals surface area contributed by atoms with Crippen molar-refractivity contribution >= 4 is 21.5 Å². The summed E-state index contributed by atoms with van der Waals surface area (Å²) in [6.45, 7) is 2.29. The Morgan fingerprint density at radius 1 is 1.08 bits per heavy atom. The van der Waals surface area contributed by atoms with Gasteiger partial charge < -0.3 is 14.2 Å². The largest absolute Gasteiger partial charge is 0.493 e. The monoisotopic (exact) mass is 542 g/mol. The standard InChI is InChI=1S/C28H23BrN4O3/c1-17-25-26(19-8-13-23(24(14-19)34-2)35-16-18-6-4-3-5-7-18)22(15-30)27(31)36-28(25)33(32-17)21-11-9-20(29)10-12-21/h3-14,27H,16,31H2,1-2H3. The van der Waals surface area contributed by atoms with Crippen molar-refractivity contribution in [2.75, 3.05) is 7.11 Å². The van der Waals surface area contributed by atoms with Crippen molar-refractivity contribution in [3.05, 3.63) is 105 Å². The molecule has 2 heterocycles. The van der Waals surface area contributed by atoms with E-state index in [-0.39, 0.29) is 0 Å². The van der Waals surface area contributed by atoms with Crippen molar-refractivity contribution in [1.82, 2.24) is 9.78 Å². The van der Waals surface area contributed by atoms with Crippen molar-refractivity contribution in [2.24, 2.45) is 5.73 Å². The molecule has 0 spiro atoms. The fourth-order valence-electron chi connectivity index (χ4n) is 4.21. The number of benzene rings is 3. The zero-order valence-electron chi connectivity index (χ0n) is 19.7. The summed E-state index contributed by atoms with van der Waals surface area (Å²) >= 11 is 3.46. The normalized spacial score (nSPS) is 14.6. The van der Waals surface area contributed by atoms with Crippen LogP contribution >= 0.6 is 15.9 Å². The minimum absolute atomic E-state index is 0.320. The molecule has 0 saturated heterocycles. The Bertz CT molecular complexity index is 1490. The van der Waals surface area contributed by atoms with Gasteiger partial charge in [0.15, 0.2) is 17.7 Å². The SMILES string of the molecule is COc1cc(C2=C(C#N)C(N)Oc3c2c(C)nn3-c2ccc(Br)cc2)ccc1OCc1ccccc1. The lowest BCUT2D eigenvalue weighted by molar-refractivity contribution is 0.228. The first-order valence-corrected chi connectivity index (χ1v) is 12.1. The fraction of sp³-hybridized carbons (Fsp3) is 0.143. The van der Waals surface area contributed by atoms with E-state index in [0.29, 0.717) is 40.8 Å². The lowest BCUT2D eigenvalue weighted by Gasteiger charge is -2.25. The van der Waals surface area contributed by atoms with Gasteiger partial charge in [-0.15, -0.1) is 0 Å². The van der Waals surface area contributed by atoms with Gasteiger partial charge in [-0.05, 0) is 54.4 Å². The Balaban J connectivity index is 1.58. The third kappa shape index (κ3) is 4.35. The second kappa shape index (κ2) is 9.90. The Morgan fingerprint density at radius 2 is 1.83 bits per heavy atom. The number of rotatable bonds is 6. The van der Waals surface area contributed by atoms with Gasteiger partial charge in [0.2, 0.25) is 5.88 Å². The molecule has 1 aliphatic rings. The zero-order valence-corrected chi connectivity index (χ0v) is 21.3. The molecular weight excluding hydrogens is 520 g/mol. The topological polar surface area (TPSA) is 95.3 Å². The molecule has 0 fully saturated rings. The Hall–Kier alpha value is -4.06. The number of nitrogens with two attached hydrogens (primary N) is 1. The zero-order chi connectivity index (χ0) is 25.2. The number of aryl methyl sites for hydroxylation is 1. The number of methoxy groups -OCH3 is 1. The number of nitriles is 1. The maximum atomic E-state index is 10.00. The molecule has 1 unspecified atom stereocenters. The van der Waals surface area contributed by atoms with Crippen molar-refractivity contribution in [3.63, 3.8) is 0 Å². The minimum atomic E-state index is -0.942. The van der Waals surface area contributed by atoms with Crippen molar-refractivity contribution in [1.29, 1.82) is 5.26 Å². The van der Waals surface area contributed by atoms with Gasteiger partial charge in [0, 0.05) is 10.0 Å². The maximum absolute atomic E-state index is 10.00. The molecule has 1 aliphatic heterocycles. The van der Waals surface area contributed by atoms with E-state index in [9.17, 15) is 5.26 Å². The molecule has 0 radical (unpaired) electrons. The molecule has 7 nitrogen and oxygen atoms in total.